The number of fused-ring (bicyclic) bond motifs is 1. The predicted octanol–water partition coefficient (Wildman–Crippen LogP) is 0.809. The number of amides is 2. The van der Waals surface area contributed by atoms with Gasteiger partial charge >= 0.3 is 0 Å². The second-order valence-corrected chi connectivity index (χ2v) is 4.52. The van der Waals surface area contributed by atoms with Gasteiger partial charge in [-0.2, -0.15) is 0 Å². The third-order valence-corrected chi connectivity index (χ3v) is 3.21. The summed E-state index contributed by atoms with van der Waals surface area (Å²) in [6, 6.07) is 6.38. The summed E-state index contributed by atoms with van der Waals surface area (Å²) in [6.07, 6.45) is 1.45. The summed E-state index contributed by atoms with van der Waals surface area (Å²) in [5, 5.41) is 12.8. The molecular weight excluding hydrogens is 274 g/mol. The van der Waals surface area contributed by atoms with Crippen molar-refractivity contribution in [3.63, 3.8) is 0 Å². The van der Waals surface area contributed by atoms with E-state index in [4.69, 9.17) is 4.74 Å². The average molecular weight is 287 g/mol. The number of rotatable bonds is 3. The molecule has 0 unspecified atom stereocenters. The summed E-state index contributed by atoms with van der Waals surface area (Å²) >= 11 is 0. The maximum absolute atomic E-state index is 12.4. The SMILES string of the molecule is COc1ccccc1NC(=O)[C@H]1CC(=O)Nc2nncn21. The van der Waals surface area contributed by atoms with E-state index in [-0.39, 0.29) is 24.2 Å². The summed E-state index contributed by atoms with van der Waals surface area (Å²) in [4.78, 5) is 24.0. The highest BCUT2D eigenvalue weighted by atomic mass is 16.5. The first-order valence-electron chi connectivity index (χ1n) is 6.32. The molecule has 0 spiro atoms. The van der Waals surface area contributed by atoms with Crippen LogP contribution in [0.15, 0.2) is 30.6 Å². The Labute approximate surface area is 120 Å². The molecule has 2 heterocycles. The minimum Gasteiger partial charge on any atom is -0.495 e. The topological polar surface area (TPSA) is 98.1 Å². The normalized spacial score (nSPS) is 16.8. The number of hydrogen-bond donors (Lipinski definition) is 2. The van der Waals surface area contributed by atoms with Gasteiger partial charge in [-0.3, -0.25) is 19.5 Å². The van der Waals surface area contributed by atoms with Crippen LogP contribution < -0.4 is 15.4 Å². The first-order valence-corrected chi connectivity index (χ1v) is 6.32. The minimum atomic E-state index is -0.686. The van der Waals surface area contributed by atoms with Gasteiger partial charge in [0.25, 0.3) is 0 Å². The Hall–Kier alpha value is -2.90. The second kappa shape index (κ2) is 5.23. The molecule has 0 bridgehead atoms. The number of hydrogen-bond acceptors (Lipinski definition) is 5. The lowest BCUT2D eigenvalue weighted by Crippen LogP contribution is -2.35. The Bertz CT molecular complexity index is 697. The molecule has 0 fully saturated rings. The molecule has 8 heteroatoms. The standard InChI is InChI=1S/C13H13N5O3/c1-21-10-5-3-2-4-8(10)15-12(20)9-6-11(19)16-13-17-14-7-18(9)13/h2-5,7,9H,6H2,1H3,(H,15,20)(H,16,17,19)/t9-/m1/s1. The number of carbonyl (C=O) groups excluding carboxylic acids is 2. The summed E-state index contributed by atoms with van der Waals surface area (Å²) < 4.78 is 6.72. The van der Waals surface area contributed by atoms with Gasteiger partial charge in [0, 0.05) is 0 Å². The van der Waals surface area contributed by atoms with Crippen LogP contribution in [0.3, 0.4) is 0 Å². The zero-order chi connectivity index (χ0) is 14.8. The Morgan fingerprint density at radius 2 is 2.29 bits per heavy atom. The van der Waals surface area contributed by atoms with Crippen LogP contribution >= 0.6 is 0 Å². The second-order valence-electron chi connectivity index (χ2n) is 4.52. The molecule has 21 heavy (non-hydrogen) atoms. The van der Waals surface area contributed by atoms with E-state index < -0.39 is 6.04 Å². The molecule has 8 nitrogen and oxygen atoms in total. The lowest BCUT2D eigenvalue weighted by Gasteiger charge is -2.23. The van der Waals surface area contributed by atoms with Crippen LogP contribution in [0.2, 0.25) is 0 Å². The van der Waals surface area contributed by atoms with E-state index in [1.165, 1.54) is 18.0 Å². The molecule has 108 valence electrons. The third kappa shape index (κ3) is 2.42. The summed E-state index contributed by atoms with van der Waals surface area (Å²) in [6.45, 7) is 0. The van der Waals surface area contributed by atoms with E-state index in [2.05, 4.69) is 20.8 Å². The lowest BCUT2D eigenvalue weighted by atomic mass is 10.1. The molecule has 1 aromatic heterocycles. The molecule has 2 N–H and O–H groups in total. The van der Waals surface area contributed by atoms with Gasteiger partial charge in [0.15, 0.2) is 0 Å². The molecular formula is C13H13N5O3. The van der Waals surface area contributed by atoms with E-state index in [9.17, 15) is 9.59 Å². The molecule has 1 aromatic carbocycles. The van der Waals surface area contributed by atoms with E-state index in [0.717, 1.165) is 0 Å². The van der Waals surface area contributed by atoms with Gasteiger partial charge in [-0.15, -0.1) is 10.2 Å². The van der Waals surface area contributed by atoms with Gasteiger partial charge in [-0.1, -0.05) is 12.1 Å². The van der Waals surface area contributed by atoms with E-state index in [0.29, 0.717) is 11.4 Å². The number of carbonyl (C=O) groups is 2. The van der Waals surface area contributed by atoms with Gasteiger partial charge in [-0.05, 0) is 12.1 Å². The zero-order valence-electron chi connectivity index (χ0n) is 11.2. The summed E-state index contributed by atoms with van der Waals surface area (Å²) in [5.41, 5.74) is 0.547. The van der Waals surface area contributed by atoms with Gasteiger partial charge in [0.1, 0.15) is 18.1 Å². The predicted molar refractivity (Wildman–Crippen MR) is 73.9 cm³/mol. The van der Waals surface area contributed by atoms with Crippen molar-refractivity contribution in [1.82, 2.24) is 14.8 Å². The lowest BCUT2D eigenvalue weighted by molar-refractivity contribution is -0.125. The zero-order valence-corrected chi connectivity index (χ0v) is 11.2. The monoisotopic (exact) mass is 287 g/mol. The number of nitrogens with one attached hydrogen (secondary N) is 2. The molecule has 0 aliphatic carbocycles. The number of nitrogens with zero attached hydrogens (tertiary/aromatic N) is 3. The Balaban J connectivity index is 1.85. The fraction of sp³-hybridized carbons (Fsp3) is 0.231. The van der Waals surface area contributed by atoms with Crippen molar-refractivity contribution >= 4 is 23.5 Å². The van der Waals surface area contributed by atoms with Crippen molar-refractivity contribution in [2.45, 2.75) is 12.5 Å². The van der Waals surface area contributed by atoms with E-state index in [1.54, 1.807) is 24.3 Å². The number of methoxy groups -OCH3 is 1. The maximum Gasteiger partial charge on any atom is 0.248 e. The number of benzene rings is 1. The molecule has 0 saturated heterocycles. The van der Waals surface area contributed by atoms with Gasteiger partial charge in [-0.25, -0.2) is 0 Å². The number of ether oxygens (including phenoxy) is 1. The smallest absolute Gasteiger partial charge is 0.248 e. The van der Waals surface area contributed by atoms with Crippen molar-refractivity contribution in [1.29, 1.82) is 0 Å². The van der Waals surface area contributed by atoms with Crippen LogP contribution in [0.5, 0.6) is 5.75 Å². The Morgan fingerprint density at radius 1 is 1.48 bits per heavy atom. The molecule has 1 aliphatic rings. The fourth-order valence-corrected chi connectivity index (χ4v) is 2.19. The highest BCUT2D eigenvalue weighted by Gasteiger charge is 2.31. The van der Waals surface area contributed by atoms with Crippen LogP contribution in [0.4, 0.5) is 11.6 Å². The van der Waals surface area contributed by atoms with Crippen molar-refractivity contribution < 1.29 is 14.3 Å². The number of anilines is 2. The molecule has 2 aromatic rings. The van der Waals surface area contributed by atoms with Crippen LogP contribution in [-0.2, 0) is 9.59 Å². The van der Waals surface area contributed by atoms with Crippen LogP contribution in [0, 0.1) is 0 Å². The van der Waals surface area contributed by atoms with Crippen molar-refractivity contribution in [3.8, 4) is 5.75 Å². The first kappa shape index (κ1) is 13.1. The van der Waals surface area contributed by atoms with Gasteiger partial charge in [0.05, 0.1) is 19.2 Å². The fourth-order valence-electron chi connectivity index (χ4n) is 2.19. The molecule has 0 saturated carbocycles. The van der Waals surface area contributed by atoms with Gasteiger partial charge < -0.3 is 10.1 Å². The van der Waals surface area contributed by atoms with Gasteiger partial charge in [0.2, 0.25) is 17.8 Å². The largest absolute Gasteiger partial charge is 0.495 e. The molecule has 2 amide bonds. The number of para-hydroxylation sites is 2. The molecule has 3 rings (SSSR count). The number of aromatic nitrogens is 3. The molecule has 1 atom stereocenters. The maximum atomic E-state index is 12.4. The summed E-state index contributed by atoms with van der Waals surface area (Å²) in [5.74, 6) is 0.229. The average Bonchev–Trinajstić information content (AvgIpc) is 2.94. The van der Waals surface area contributed by atoms with Crippen LogP contribution in [-0.4, -0.2) is 33.7 Å². The third-order valence-electron chi connectivity index (χ3n) is 3.21. The Kier molecular flexibility index (Phi) is 3.27. The molecule has 0 radical (unpaired) electrons. The van der Waals surface area contributed by atoms with Crippen molar-refractivity contribution in [2.75, 3.05) is 17.7 Å². The quantitative estimate of drug-likeness (QED) is 0.870. The van der Waals surface area contributed by atoms with Crippen LogP contribution in [0.1, 0.15) is 12.5 Å². The van der Waals surface area contributed by atoms with Crippen molar-refractivity contribution in [2.24, 2.45) is 0 Å². The van der Waals surface area contributed by atoms with Crippen LogP contribution in [0.25, 0.3) is 0 Å². The molecule has 1 aliphatic heterocycles. The Morgan fingerprint density at radius 3 is 3.10 bits per heavy atom. The first-order chi connectivity index (χ1) is 10.2. The highest BCUT2D eigenvalue weighted by Crippen LogP contribution is 2.27. The van der Waals surface area contributed by atoms with E-state index in [1.807, 2.05) is 0 Å². The highest BCUT2D eigenvalue weighted by molar-refractivity contribution is 6.01. The van der Waals surface area contributed by atoms with Crippen molar-refractivity contribution in [3.05, 3.63) is 30.6 Å². The minimum absolute atomic E-state index is 0.0338. The summed E-state index contributed by atoms with van der Waals surface area (Å²) in [7, 11) is 1.52. The van der Waals surface area contributed by atoms with E-state index >= 15 is 0 Å².